The average molecular weight is 194 g/mol. The largest absolute Gasteiger partial charge is 0.330 e. The van der Waals surface area contributed by atoms with Crippen LogP contribution >= 0.6 is 0 Å². The van der Waals surface area contributed by atoms with Gasteiger partial charge in [0, 0.05) is 0 Å². The molecular weight excluding hydrogens is 176 g/mol. The van der Waals surface area contributed by atoms with E-state index in [2.05, 4.69) is 10.1 Å². The molecule has 4 heteroatoms. The van der Waals surface area contributed by atoms with Gasteiger partial charge < -0.3 is 5.73 Å². The maximum atomic E-state index is 5.81. The average Bonchev–Trinajstić information content (AvgIpc) is 2.63. The summed E-state index contributed by atoms with van der Waals surface area (Å²) in [4.78, 5) is 4.01. The van der Waals surface area contributed by atoms with E-state index in [1.54, 1.807) is 6.33 Å². The minimum absolute atomic E-state index is 0.477. The predicted octanol–water partition coefficient (Wildman–Crippen LogP) is 1.36. The lowest BCUT2D eigenvalue weighted by molar-refractivity contribution is 0.294. The van der Waals surface area contributed by atoms with Crippen molar-refractivity contribution in [3.63, 3.8) is 0 Å². The molecular formula is C10H18N4. The van der Waals surface area contributed by atoms with Crippen molar-refractivity contribution in [3.8, 4) is 0 Å². The smallest absolute Gasteiger partial charge is 0.137 e. The third kappa shape index (κ3) is 1.95. The summed E-state index contributed by atoms with van der Waals surface area (Å²) in [6.07, 6.45) is 9.80. The molecule has 1 aromatic heterocycles. The van der Waals surface area contributed by atoms with Gasteiger partial charge in [0.1, 0.15) is 12.7 Å². The van der Waals surface area contributed by atoms with Crippen molar-refractivity contribution in [3.05, 3.63) is 12.7 Å². The minimum Gasteiger partial charge on any atom is -0.330 e. The molecule has 0 bridgehead atoms. The topological polar surface area (TPSA) is 56.7 Å². The van der Waals surface area contributed by atoms with Crippen molar-refractivity contribution in [2.24, 2.45) is 11.7 Å². The maximum Gasteiger partial charge on any atom is 0.137 e. The molecule has 1 heterocycles. The molecule has 4 nitrogen and oxygen atoms in total. The fourth-order valence-electron chi connectivity index (χ4n) is 2.38. The zero-order chi connectivity index (χ0) is 9.80. The van der Waals surface area contributed by atoms with Crippen LogP contribution in [-0.2, 0) is 0 Å². The Kier molecular flexibility index (Phi) is 3.14. The van der Waals surface area contributed by atoms with Crippen molar-refractivity contribution in [1.82, 2.24) is 14.8 Å². The highest BCUT2D eigenvalue weighted by atomic mass is 15.3. The predicted molar refractivity (Wildman–Crippen MR) is 54.7 cm³/mol. The Morgan fingerprint density at radius 2 is 2.14 bits per heavy atom. The van der Waals surface area contributed by atoms with E-state index >= 15 is 0 Å². The molecule has 0 radical (unpaired) electrons. The van der Waals surface area contributed by atoms with E-state index in [4.69, 9.17) is 5.73 Å². The molecule has 0 amide bonds. The molecule has 0 saturated heterocycles. The van der Waals surface area contributed by atoms with Crippen LogP contribution in [-0.4, -0.2) is 21.3 Å². The second-order valence-electron chi connectivity index (χ2n) is 4.08. The van der Waals surface area contributed by atoms with Gasteiger partial charge in [-0.2, -0.15) is 5.10 Å². The number of rotatable bonds is 2. The molecule has 2 atom stereocenters. The Bertz CT molecular complexity index is 257. The van der Waals surface area contributed by atoms with E-state index in [1.807, 2.05) is 11.0 Å². The van der Waals surface area contributed by atoms with E-state index in [9.17, 15) is 0 Å². The SMILES string of the molecule is NCC1CCCCCC1n1cncn1. The van der Waals surface area contributed by atoms with Crippen LogP contribution in [0.3, 0.4) is 0 Å². The van der Waals surface area contributed by atoms with Gasteiger partial charge >= 0.3 is 0 Å². The first-order valence-electron chi connectivity index (χ1n) is 5.46. The number of aromatic nitrogens is 3. The van der Waals surface area contributed by atoms with Gasteiger partial charge in [0.15, 0.2) is 0 Å². The molecule has 14 heavy (non-hydrogen) atoms. The first-order chi connectivity index (χ1) is 6.92. The summed E-state index contributed by atoms with van der Waals surface area (Å²) >= 11 is 0. The second kappa shape index (κ2) is 4.55. The van der Waals surface area contributed by atoms with Crippen molar-refractivity contribution in [2.75, 3.05) is 6.54 Å². The highest BCUT2D eigenvalue weighted by Crippen LogP contribution is 2.30. The number of hydrogen-bond donors (Lipinski definition) is 1. The Labute approximate surface area is 84.5 Å². The molecule has 0 aromatic carbocycles. The second-order valence-corrected chi connectivity index (χ2v) is 4.08. The lowest BCUT2D eigenvalue weighted by atomic mass is 9.95. The van der Waals surface area contributed by atoms with Crippen LogP contribution in [0.1, 0.15) is 38.1 Å². The summed E-state index contributed by atoms with van der Waals surface area (Å²) in [6, 6.07) is 0.477. The summed E-state index contributed by atoms with van der Waals surface area (Å²) < 4.78 is 1.99. The molecule has 0 spiro atoms. The van der Waals surface area contributed by atoms with E-state index in [1.165, 1.54) is 32.1 Å². The molecule has 1 fully saturated rings. The molecule has 78 valence electrons. The molecule has 2 unspecified atom stereocenters. The zero-order valence-corrected chi connectivity index (χ0v) is 8.47. The summed E-state index contributed by atoms with van der Waals surface area (Å²) in [6.45, 7) is 0.768. The fraction of sp³-hybridized carbons (Fsp3) is 0.800. The number of nitrogens with zero attached hydrogens (tertiary/aromatic N) is 3. The van der Waals surface area contributed by atoms with Crippen molar-refractivity contribution in [2.45, 2.75) is 38.1 Å². The van der Waals surface area contributed by atoms with E-state index in [0.29, 0.717) is 12.0 Å². The van der Waals surface area contributed by atoms with Gasteiger partial charge in [-0.3, -0.25) is 0 Å². The fourth-order valence-corrected chi connectivity index (χ4v) is 2.38. The maximum absolute atomic E-state index is 5.81. The summed E-state index contributed by atoms with van der Waals surface area (Å²) in [5.41, 5.74) is 5.81. The highest BCUT2D eigenvalue weighted by molar-refractivity contribution is 4.79. The molecule has 0 aliphatic heterocycles. The summed E-state index contributed by atoms with van der Waals surface area (Å²) in [5, 5.41) is 4.23. The quantitative estimate of drug-likeness (QED) is 0.723. The van der Waals surface area contributed by atoms with Crippen molar-refractivity contribution in [1.29, 1.82) is 0 Å². The lowest BCUT2D eigenvalue weighted by Gasteiger charge is -2.23. The third-order valence-corrected chi connectivity index (χ3v) is 3.20. The van der Waals surface area contributed by atoms with Gasteiger partial charge in [0.25, 0.3) is 0 Å². The van der Waals surface area contributed by atoms with Crippen LogP contribution in [0.2, 0.25) is 0 Å². The Balaban J connectivity index is 2.12. The summed E-state index contributed by atoms with van der Waals surface area (Å²) in [7, 11) is 0. The van der Waals surface area contributed by atoms with Crippen LogP contribution in [0.5, 0.6) is 0 Å². The molecule has 1 aliphatic carbocycles. The normalized spacial score (nSPS) is 28.6. The first-order valence-corrected chi connectivity index (χ1v) is 5.46. The van der Waals surface area contributed by atoms with Crippen LogP contribution < -0.4 is 5.73 Å². The van der Waals surface area contributed by atoms with Gasteiger partial charge in [-0.1, -0.05) is 19.3 Å². The number of hydrogen-bond acceptors (Lipinski definition) is 3. The Hall–Kier alpha value is -0.900. The van der Waals surface area contributed by atoms with Gasteiger partial charge in [0.2, 0.25) is 0 Å². The monoisotopic (exact) mass is 194 g/mol. The molecule has 1 aliphatic rings. The minimum atomic E-state index is 0.477. The van der Waals surface area contributed by atoms with Crippen LogP contribution in [0, 0.1) is 5.92 Å². The van der Waals surface area contributed by atoms with Gasteiger partial charge in [-0.05, 0) is 25.3 Å². The molecule has 1 aromatic rings. The standard InChI is InChI=1S/C10H18N4/c11-6-9-4-2-1-3-5-10(9)14-8-12-7-13-14/h7-10H,1-6,11H2. The Morgan fingerprint density at radius 3 is 2.86 bits per heavy atom. The lowest BCUT2D eigenvalue weighted by Crippen LogP contribution is -2.25. The van der Waals surface area contributed by atoms with Crippen LogP contribution in [0.4, 0.5) is 0 Å². The van der Waals surface area contributed by atoms with E-state index < -0.39 is 0 Å². The van der Waals surface area contributed by atoms with Crippen LogP contribution in [0.25, 0.3) is 0 Å². The van der Waals surface area contributed by atoms with Gasteiger partial charge in [0.05, 0.1) is 6.04 Å². The van der Waals surface area contributed by atoms with E-state index in [-0.39, 0.29) is 0 Å². The first kappa shape index (κ1) is 9.65. The van der Waals surface area contributed by atoms with Crippen molar-refractivity contribution >= 4 is 0 Å². The van der Waals surface area contributed by atoms with Crippen molar-refractivity contribution < 1.29 is 0 Å². The highest BCUT2D eigenvalue weighted by Gasteiger charge is 2.24. The third-order valence-electron chi connectivity index (χ3n) is 3.20. The zero-order valence-electron chi connectivity index (χ0n) is 8.47. The Morgan fingerprint density at radius 1 is 1.29 bits per heavy atom. The van der Waals surface area contributed by atoms with Gasteiger partial charge in [-0.25, -0.2) is 9.67 Å². The number of nitrogens with two attached hydrogens (primary N) is 1. The molecule has 2 N–H and O–H groups in total. The van der Waals surface area contributed by atoms with Crippen LogP contribution in [0.15, 0.2) is 12.7 Å². The van der Waals surface area contributed by atoms with Gasteiger partial charge in [-0.15, -0.1) is 0 Å². The molecule has 2 rings (SSSR count). The summed E-state index contributed by atoms with van der Waals surface area (Å²) in [5.74, 6) is 0.583. The van der Waals surface area contributed by atoms with E-state index in [0.717, 1.165) is 6.54 Å². The molecule has 1 saturated carbocycles.